The third-order valence-electron chi connectivity index (χ3n) is 4.81. The molecule has 1 aliphatic heterocycles. The highest BCUT2D eigenvalue weighted by molar-refractivity contribution is 7.93. The third kappa shape index (κ3) is 3.16. The molecule has 0 aliphatic carbocycles. The zero-order chi connectivity index (χ0) is 19.9. The van der Waals surface area contributed by atoms with Crippen LogP contribution in [0.5, 0.6) is 5.75 Å². The molecule has 2 heterocycles. The van der Waals surface area contributed by atoms with Crippen LogP contribution in [-0.4, -0.2) is 26.2 Å². The molecule has 1 aliphatic rings. The fraction of sp³-hybridized carbons (Fsp3) is 0.286. The number of aromatic nitrogens is 1. The second-order valence-corrected chi connectivity index (χ2v) is 8.77. The van der Waals surface area contributed by atoms with Crippen molar-refractivity contribution in [1.29, 1.82) is 0 Å². The van der Waals surface area contributed by atoms with Gasteiger partial charge in [-0.25, -0.2) is 8.42 Å². The molecule has 0 fully saturated rings. The van der Waals surface area contributed by atoms with E-state index in [9.17, 15) is 8.42 Å². The minimum Gasteiger partial charge on any atom is -0.487 e. The van der Waals surface area contributed by atoms with E-state index in [-0.39, 0.29) is 17.5 Å². The lowest BCUT2D eigenvalue weighted by Crippen LogP contribution is -2.42. The van der Waals surface area contributed by atoms with Crippen LogP contribution in [0.4, 0.5) is 5.69 Å². The molecule has 28 heavy (non-hydrogen) atoms. The number of rotatable bonds is 4. The molecule has 0 saturated heterocycles. The van der Waals surface area contributed by atoms with Crippen LogP contribution in [0.15, 0.2) is 57.9 Å². The predicted octanol–water partition coefficient (Wildman–Crippen LogP) is 4.19. The Morgan fingerprint density at radius 3 is 2.68 bits per heavy atom. The maximum absolute atomic E-state index is 13.7. The van der Waals surface area contributed by atoms with Crippen molar-refractivity contribution in [2.75, 3.05) is 10.8 Å². The van der Waals surface area contributed by atoms with Crippen molar-refractivity contribution in [1.82, 2.24) is 5.16 Å². The molecule has 6 nitrogen and oxygen atoms in total. The lowest BCUT2D eigenvalue weighted by atomic mass is 10.1. The topological polar surface area (TPSA) is 72.6 Å². The number of ether oxygens (including phenoxy) is 1. The zero-order valence-corrected chi connectivity index (χ0v) is 16.9. The third-order valence-corrected chi connectivity index (χ3v) is 6.68. The number of fused-ring (bicyclic) bond motifs is 1. The Morgan fingerprint density at radius 2 is 1.96 bits per heavy atom. The first kappa shape index (κ1) is 18.6. The van der Waals surface area contributed by atoms with Gasteiger partial charge in [0.25, 0.3) is 10.0 Å². The molecular weight excluding hydrogens is 376 g/mol. The van der Waals surface area contributed by atoms with E-state index >= 15 is 0 Å². The number of hydrogen-bond acceptors (Lipinski definition) is 5. The van der Waals surface area contributed by atoms with Gasteiger partial charge in [0.05, 0.1) is 22.8 Å². The summed E-state index contributed by atoms with van der Waals surface area (Å²) in [6.07, 6.45) is 0.362. The molecule has 0 amide bonds. The van der Waals surface area contributed by atoms with Crippen LogP contribution < -0.4 is 9.04 Å². The summed E-state index contributed by atoms with van der Waals surface area (Å²) in [6, 6.07) is 14.4. The summed E-state index contributed by atoms with van der Waals surface area (Å²) in [6.45, 7) is 5.90. The lowest BCUT2D eigenvalue weighted by molar-refractivity contribution is 0.219. The van der Waals surface area contributed by atoms with E-state index in [1.807, 2.05) is 45.0 Å². The second kappa shape index (κ2) is 6.98. The van der Waals surface area contributed by atoms with Crippen molar-refractivity contribution in [2.45, 2.75) is 38.2 Å². The first-order chi connectivity index (χ1) is 13.4. The Morgan fingerprint density at radius 1 is 1.18 bits per heavy atom. The van der Waals surface area contributed by atoms with Gasteiger partial charge in [-0.1, -0.05) is 36.3 Å². The zero-order valence-electron chi connectivity index (χ0n) is 16.0. The average molecular weight is 398 g/mol. The fourth-order valence-electron chi connectivity index (χ4n) is 3.43. The van der Waals surface area contributed by atoms with Crippen molar-refractivity contribution in [3.63, 3.8) is 0 Å². The molecule has 0 saturated carbocycles. The molecule has 1 atom stereocenters. The quantitative estimate of drug-likeness (QED) is 0.659. The SMILES string of the molecule is CCc1ccc(-c2cc(C)no2)cc1S(=O)(=O)N1C[C@@H](C)Oc2ccccc21. The number of sulfonamides is 1. The van der Waals surface area contributed by atoms with Gasteiger partial charge in [-0.3, -0.25) is 4.31 Å². The van der Waals surface area contributed by atoms with Crippen molar-refractivity contribution < 1.29 is 17.7 Å². The number of benzene rings is 2. The van der Waals surface area contributed by atoms with Gasteiger partial charge in [-0.15, -0.1) is 0 Å². The van der Waals surface area contributed by atoms with E-state index in [0.29, 0.717) is 29.2 Å². The minimum absolute atomic E-state index is 0.241. The Kier molecular flexibility index (Phi) is 4.63. The summed E-state index contributed by atoms with van der Waals surface area (Å²) in [4.78, 5) is 0.283. The van der Waals surface area contributed by atoms with E-state index in [1.165, 1.54) is 4.31 Å². The van der Waals surface area contributed by atoms with E-state index in [4.69, 9.17) is 9.26 Å². The highest BCUT2D eigenvalue weighted by Gasteiger charge is 2.34. The molecule has 0 spiro atoms. The van der Waals surface area contributed by atoms with Gasteiger partial charge < -0.3 is 9.26 Å². The van der Waals surface area contributed by atoms with Crippen LogP contribution in [0.25, 0.3) is 11.3 Å². The normalized spacial score (nSPS) is 16.5. The number of anilines is 1. The number of aryl methyl sites for hydroxylation is 2. The minimum atomic E-state index is -3.78. The molecule has 0 bridgehead atoms. The standard InChI is InChI=1S/C21H22N2O4S/c1-4-16-9-10-17(20-11-14(2)22-27-20)12-21(16)28(24,25)23-13-15(3)26-19-8-6-5-7-18(19)23/h5-12,15H,4,13H2,1-3H3/t15-/m1/s1. The van der Waals surface area contributed by atoms with Gasteiger partial charge in [-0.2, -0.15) is 0 Å². The van der Waals surface area contributed by atoms with Crippen LogP contribution in [-0.2, 0) is 16.4 Å². The number of hydrogen-bond donors (Lipinski definition) is 0. The first-order valence-electron chi connectivity index (χ1n) is 9.25. The van der Waals surface area contributed by atoms with Crippen LogP contribution in [0, 0.1) is 6.92 Å². The fourth-order valence-corrected chi connectivity index (χ4v) is 5.31. The molecule has 0 radical (unpaired) electrons. The lowest BCUT2D eigenvalue weighted by Gasteiger charge is -2.34. The molecule has 146 valence electrons. The van der Waals surface area contributed by atoms with Crippen molar-refractivity contribution in [2.24, 2.45) is 0 Å². The Balaban J connectivity index is 1.85. The molecule has 0 N–H and O–H groups in total. The average Bonchev–Trinajstić information content (AvgIpc) is 3.13. The van der Waals surface area contributed by atoms with E-state index in [1.54, 1.807) is 24.3 Å². The monoisotopic (exact) mass is 398 g/mol. The van der Waals surface area contributed by atoms with Crippen LogP contribution in [0.3, 0.4) is 0 Å². The van der Waals surface area contributed by atoms with Crippen molar-refractivity contribution in [3.05, 3.63) is 59.8 Å². The first-order valence-corrected chi connectivity index (χ1v) is 10.7. The van der Waals surface area contributed by atoms with Gasteiger partial charge in [-0.05, 0) is 44.0 Å². The summed E-state index contributed by atoms with van der Waals surface area (Å²) in [7, 11) is -3.78. The van der Waals surface area contributed by atoms with Crippen molar-refractivity contribution >= 4 is 15.7 Å². The molecule has 0 unspecified atom stereocenters. The Hall–Kier alpha value is -2.80. The maximum atomic E-state index is 13.7. The van der Waals surface area contributed by atoms with Gasteiger partial charge >= 0.3 is 0 Å². The molecule has 4 rings (SSSR count). The van der Waals surface area contributed by atoms with E-state index < -0.39 is 10.0 Å². The summed E-state index contributed by atoms with van der Waals surface area (Å²) in [5, 5.41) is 3.91. The summed E-state index contributed by atoms with van der Waals surface area (Å²) >= 11 is 0. The highest BCUT2D eigenvalue weighted by Crippen LogP contribution is 2.38. The number of nitrogens with zero attached hydrogens (tertiary/aromatic N) is 2. The van der Waals surface area contributed by atoms with Crippen LogP contribution in [0.1, 0.15) is 25.1 Å². The predicted molar refractivity (Wildman–Crippen MR) is 107 cm³/mol. The number of para-hydroxylation sites is 2. The molecule has 1 aromatic heterocycles. The highest BCUT2D eigenvalue weighted by atomic mass is 32.2. The van der Waals surface area contributed by atoms with Gasteiger partial charge in [0, 0.05) is 11.6 Å². The van der Waals surface area contributed by atoms with E-state index in [2.05, 4.69) is 5.16 Å². The maximum Gasteiger partial charge on any atom is 0.264 e. The molecular formula is C21H22N2O4S. The Labute approximate surface area is 164 Å². The van der Waals surface area contributed by atoms with Crippen LogP contribution in [0.2, 0.25) is 0 Å². The van der Waals surface area contributed by atoms with Gasteiger partial charge in [0.2, 0.25) is 0 Å². The van der Waals surface area contributed by atoms with E-state index in [0.717, 1.165) is 11.3 Å². The van der Waals surface area contributed by atoms with Crippen molar-refractivity contribution in [3.8, 4) is 17.1 Å². The van der Waals surface area contributed by atoms with Crippen LogP contribution >= 0.6 is 0 Å². The Bertz CT molecular complexity index is 1120. The summed E-state index contributed by atoms with van der Waals surface area (Å²) < 4.78 is 40.0. The molecule has 3 aromatic rings. The summed E-state index contributed by atoms with van der Waals surface area (Å²) in [5.74, 6) is 1.12. The largest absolute Gasteiger partial charge is 0.487 e. The summed E-state index contributed by atoms with van der Waals surface area (Å²) in [5.41, 5.74) is 2.75. The molecule has 2 aromatic carbocycles. The molecule has 7 heteroatoms. The van der Waals surface area contributed by atoms with Gasteiger partial charge in [0.1, 0.15) is 11.9 Å². The smallest absolute Gasteiger partial charge is 0.264 e. The van der Waals surface area contributed by atoms with Gasteiger partial charge in [0.15, 0.2) is 5.76 Å². The second-order valence-electron chi connectivity index (χ2n) is 6.94.